The number of hydrogen-bond donors (Lipinski definition) is 3. The van der Waals surface area contributed by atoms with Gasteiger partial charge in [0, 0.05) is 68.2 Å². The first-order valence-electron chi connectivity index (χ1n) is 14.4. The fourth-order valence-corrected chi connectivity index (χ4v) is 5.68. The number of halogens is 1. The number of likely N-dealkylation sites (N-methyl/N-ethyl adjacent to an activating group) is 1. The van der Waals surface area contributed by atoms with Gasteiger partial charge in [-0.2, -0.15) is 0 Å². The predicted molar refractivity (Wildman–Crippen MR) is 179 cm³/mol. The Bertz CT molecular complexity index is 1870. The Morgan fingerprint density at radius 1 is 1.07 bits per heavy atom. The average molecular weight is 606 g/mol. The maximum atomic E-state index is 12.9. The molecule has 1 atom stereocenters. The summed E-state index contributed by atoms with van der Waals surface area (Å²) in [5.74, 6) is 0. The maximum absolute atomic E-state index is 12.9. The number of pyridine rings is 2. The minimum Gasteiger partial charge on any atom is -0.403 e. The fourth-order valence-electron chi connectivity index (χ4n) is 5.49. The molecule has 0 saturated heterocycles. The normalized spacial score (nSPS) is 13.0. The molecular formula is C36H36ClN5O2. The Morgan fingerprint density at radius 2 is 1.84 bits per heavy atom. The lowest BCUT2D eigenvalue weighted by molar-refractivity contribution is 0.0968. The van der Waals surface area contributed by atoms with E-state index in [1.54, 1.807) is 48.1 Å². The zero-order chi connectivity index (χ0) is 31.3. The van der Waals surface area contributed by atoms with Crippen LogP contribution in [0.25, 0.3) is 22.0 Å². The predicted octanol–water partition coefficient (Wildman–Crippen LogP) is 5.70. The van der Waals surface area contributed by atoms with Crippen LogP contribution in [-0.2, 0) is 25.6 Å². The highest BCUT2D eigenvalue weighted by Gasteiger charge is 2.38. The van der Waals surface area contributed by atoms with Crippen molar-refractivity contribution in [3.63, 3.8) is 0 Å². The second-order valence-electron chi connectivity index (χ2n) is 10.7. The van der Waals surface area contributed by atoms with E-state index in [-0.39, 0.29) is 5.56 Å². The molecule has 0 radical (unpaired) electrons. The molecule has 0 amide bonds. The van der Waals surface area contributed by atoms with Crippen LogP contribution in [0.5, 0.6) is 0 Å². The number of benzene rings is 3. The summed E-state index contributed by atoms with van der Waals surface area (Å²) in [5.41, 5.74) is 10.4. The molecule has 0 aliphatic heterocycles. The summed E-state index contributed by atoms with van der Waals surface area (Å²) >= 11 is 6.33. The van der Waals surface area contributed by atoms with Crippen molar-refractivity contribution in [2.75, 3.05) is 13.6 Å². The standard InChI is InChI=1S/C36H36ClN5O2/c1-4-41(2)34(23-38)36(44,27-13-11-25(12-14-27)24-39-19-17-30-10-5-6-18-40-30)28-15-16-33-32(21-28)31(22-35(43)42(33)3)26-8-7-9-29(37)20-26/h4-16,18,20-23,39,44H,1,17,19,24,38H2,2-3H3/b34-23-. The minimum absolute atomic E-state index is 0.145. The Hall–Kier alpha value is -4.69. The lowest BCUT2D eigenvalue weighted by Crippen LogP contribution is -2.37. The quantitative estimate of drug-likeness (QED) is 0.167. The van der Waals surface area contributed by atoms with Gasteiger partial charge in [0.25, 0.3) is 5.56 Å². The summed E-state index contributed by atoms with van der Waals surface area (Å²) in [6.07, 6.45) is 5.64. The summed E-state index contributed by atoms with van der Waals surface area (Å²) in [6.45, 7) is 5.36. The van der Waals surface area contributed by atoms with Crippen LogP contribution in [0.2, 0.25) is 5.02 Å². The van der Waals surface area contributed by atoms with Crippen molar-refractivity contribution in [3.05, 3.63) is 160 Å². The lowest BCUT2D eigenvalue weighted by atomic mass is 9.81. The summed E-state index contributed by atoms with van der Waals surface area (Å²) in [7, 11) is 3.52. The molecule has 2 heterocycles. The molecule has 8 heteroatoms. The second kappa shape index (κ2) is 13.3. The molecule has 0 saturated carbocycles. The van der Waals surface area contributed by atoms with Gasteiger partial charge in [0.15, 0.2) is 5.60 Å². The van der Waals surface area contributed by atoms with Gasteiger partial charge in [0.05, 0.1) is 11.2 Å². The highest BCUT2D eigenvalue weighted by atomic mass is 35.5. The Balaban J connectivity index is 1.56. The average Bonchev–Trinajstić information content (AvgIpc) is 3.05. The Morgan fingerprint density at radius 3 is 2.52 bits per heavy atom. The summed E-state index contributed by atoms with van der Waals surface area (Å²) in [5, 5.41) is 17.5. The molecule has 0 bridgehead atoms. The van der Waals surface area contributed by atoms with Crippen LogP contribution in [0.15, 0.2) is 127 Å². The highest BCUT2D eigenvalue weighted by molar-refractivity contribution is 6.30. The van der Waals surface area contributed by atoms with Gasteiger partial charge < -0.3 is 25.6 Å². The largest absolute Gasteiger partial charge is 0.403 e. The van der Waals surface area contributed by atoms with Crippen molar-refractivity contribution in [1.82, 2.24) is 19.8 Å². The van der Waals surface area contributed by atoms with E-state index >= 15 is 0 Å². The van der Waals surface area contributed by atoms with Gasteiger partial charge in [-0.3, -0.25) is 9.78 Å². The molecule has 0 aliphatic rings. The van der Waals surface area contributed by atoms with E-state index in [1.165, 1.54) is 6.20 Å². The van der Waals surface area contributed by atoms with E-state index < -0.39 is 5.60 Å². The van der Waals surface area contributed by atoms with E-state index in [0.29, 0.717) is 28.4 Å². The third-order valence-electron chi connectivity index (χ3n) is 7.97. The summed E-state index contributed by atoms with van der Waals surface area (Å²) in [6, 6.07) is 28.3. The molecule has 224 valence electrons. The molecule has 7 nitrogen and oxygen atoms in total. The van der Waals surface area contributed by atoms with Crippen molar-refractivity contribution >= 4 is 22.5 Å². The van der Waals surface area contributed by atoms with Gasteiger partial charge >= 0.3 is 0 Å². The highest BCUT2D eigenvalue weighted by Crippen LogP contribution is 2.40. The van der Waals surface area contributed by atoms with Gasteiger partial charge in [-0.25, -0.2) is 0 Å². The fraction of sp³-hybridized carbons (Fsp3) is 0.167. The zero-order valence-corrected chi connectivity index (χ0v) is 25.6. The molecule has 0 aliphatic carbocycles. The van der Waals surface area contributed by atoms with Crippen LogP contribution < -0.4 is 16.6 Å². The molecule has 0 spiro atoms. The first-order valence-corrected chi connectivity index (χ1v) is 14.7. The molecule has 4 N–H and O–H groups in total. The third kappa shape index (κ3) is 6.17. The number of rotatable bonds is 11. The summed E-state index contributed by atoms with van der Waals surface area (Å²) in [4.78, 5) is 19.0. The van der Waals surface area contributed by atoms with E-state index in [9.17, 15) is 9.90 Å². The van der Waals surface area contributed by atoms with Crippen molar-refractivity contribution in [3.8, 4) is 11.1 Å². The van der Waals surface area contributed by atoms with Crippen molar-refractivity contribution < 1.29 is 5.11 Å². The van der Waals surface area contributed by atoms with Crippen LogP contribution in [0.4, 0.5) is 0 Å². The molecule has 1 unspecified atom stereocenters. The van der Waals surface area contributed by atoms with Gasteiger partial charge in [-0.05, 0) is 70.4 Å². The lowest BCUT2D eigenvalue weighted by Gasteiger charge is -2.36. The number of aliphatic hydroxyl groups is 1. The van der Waals surface area contributed by atoms with Crippen molar-refractivity contribution in [2.45, 2.75) is 18.6 Å². The van der Waals surface area contributed by atoms with Gasteiger partial charge in [0.2, 0.25) is 0 Å². The van der Waals surface area contributed by atoms with Crippen LogP contribution in [0.3, 0.4) is 0 Å². The summed E-state index contributed by atoms with van der Waals surface area (Å²) < 4.78 is 1.59. The number of nitrogens with one attached hydrogen (secondary N) is 1. The first-order chi connectivity index (χ1) is 21.3. The number of nitrogens with zero attached hydrogens (tertiary/aromatic N) is 3. The molecule has 44 heavy (non-hydrogen) atoms. The second-order valence-corrected chi connectivity index (χ2v) is 11.1. The Kier molecular flexibility index (Phi) is 9.30. The van der Waals surface area contributed by atoms with E-state index in [4.69, 9.17) is 17.3 Å². The monoisotopic (exact) mass is 605 g/mol. The molecule has 5 aromatic rings. The first kappa shape index (κ1) is 30.8. The van der Waals surface area contributed by atoms with E-state index in [2.05, 4.69) is 16.9 Å². The molecular weight excluding hydrogens is 570 g/mol. The van der Waals surface area contributed by atoms with Crippen molar-refractivity contribution in [2.24, 2.45) is 12.8 Å². The topological polar surface area (TPSA) is 96.4 Å². The van der Waals surface area contributed by atoms with Crippen molar-refractivity contribution in [1.29, 1.82) is 0 Å². The third-order valence-corrected chi connectivity index (χ3v) is 8.20. The van der Waals surface area contributed by atoms with E-state index in [1.807, 2.05) is 78.9 Å². The molecule has 2 aromatic heterocycles. The number of aryl methyl sites for hydroxylation is 1. The van der Waals surface area contributed by atoms with Crippen LogP contribution in [0, 0.1) is 0 Å². The number of hydrogen-bond acceptors (Lipinski definition) is 6. The van der Waals surface area contributed by atoms with Gasteiger partial charge in [0.1, 0.15) is 0 Å². The number of nitrogens with two attached hydrogens (primary N) is 1. The minimum atomic E-state index is -1.64. The van der Waals surface area contributed by atoms with Crippen LogP contribution >= 0.6 is 11.6 Å². The van der Waals surface area contributed by atoms with Crippen LogP contribution in [0.1, 0.15) is 22.4 Å². The van der Waals surface area contributed by atoms with E-state index in [0.717, 1.165) is 46.3 Å². The Labute approximate surface area is 262 Å². The molecule has 3 aromatic carbocycles. The molecule has 0 fully saturated rings. The maximum Gasteiger partial charge on any atom is 0.251 e. The number of fused-ring (bicyclic) bond motifs is 1. The molecule has 5 rings (SSSR count). The number of aromatic nitrogens is 2. The SMILES string of the molecule is C=CN(C)/C(=C\N)C(O)(c1ccc(CNCCc2ccccn2)cc1)c1ccc2c(c1)c(-c1cccc(Cl)c1)cc(=O)n2C. The zero-order valence-electron chi connectivity index (χ0n) is 24.9. The van der Waals surface area contributed by atoms with Gasteiger partial charge in [-0.15, -0.1) is 0 Å². The van der Waals surface area contributed by atoms with Gasteiger partial charge in [-0.1, -0.05) is 66.7 Å². The smallest absolute Gasteiger partial charge is 0.251 e. The van der Waals surface area contributed by atoms with Crippen LogP contribution in [-0.4, -0.2) is 33.1 Å².